The smallest absolute Gasteiger partial charge is 0.232 e. The van der Waals surface area contributed by atoms with Crippen LogP contribution in [0.15, 0.2) is 48.5 Å². The lowest BCUT2D eigenvalue weighted by Gasteiger charge is -2.36. The van der Waals surface area contributed by atoms with Crippen LogP contribution in [0.25, 0.3) is 0 Å². The predicted octanol–water partition coefficient (Wildman–Crippen LogP) is 3.24. The predicted molar refractivity (Wildman–Crippen MR) is 125 cm³/mol. The third kappa shape index (κ3) is 6.27. The molecule has 1 aliphatic heterocycles. The van der Waals surface area contributed by atoms with Crippen molar-refractivity contribution < 1.29 is 17.9 Å². The lowest BCUT2D eigenvalue weighted by atomic mass is 10.2. The van der Waals surface area contributed by atoms with Crippen molar-refractivity contribution in [1.29, 1.82) is 0 Å². The maximum Gasteiger partial charge on any atom is 0.232 e. The van der Waals surface area contributed by atoms with E-state index in [4.69, 9.17) is 16.3 Å². The van der Waals surface area contributed by atoms with E-state index in [1.807, 2.05) is 29.2 Å². The summed E-state index contributed by atoms with van der Waals surface area (Å²) in [5.74, 6) is 0.629. The first-order chi connectivity index (χ1) is 14.8. The van der Waals surface area contributed by atoms with E-state index < -0.39 is 10.0 Å². The third-order valence-electron chi connectivity index (χ3n) is 5.30. The van der Waals surface area contributed by atoms with Crippen LogP contribution in [-0.2, 0) is 14.8 Å². The molecule has 1 amide bonds. The lowest BCUT2D eigenvalue weighted by Crippen LogP contribution is -2.48. The van der Waals surface area contributed by atoms with Gasteiger partial charge in [-0.15, -0.1) is 0 Å². The summed E-state index contributed by atoms with van der Waals surface area (Å²) in [6.07, 6.45) is 1.91. The Morgan fingerprint density at radius 1 is 1.10 bits per heavy atom. The van der Waals surface area contributed by atoms with Crippen LogP contribution in [0.2, 0.25) is 5.02 Å². The molecule has 9 heteroatoms. The van der Waals surface area contributed by atoms with Gasteiger partial charge in [-0.2, -0.15) is 0 Å². The number of carbonyl (C=O) groups excluding carboxylic acids is 1. The van der Waals surface area contributed by atoms with E-state index in [-0.39, 0.29) is 12.5 Å². The van der Waals surface area contributed by atoms with Crippen LogP contribution < -0.4 is 13.9 Å². The number of sulfonamides is 1. The lowest BCUT2D eigenvalue weighted by molar-refractivity contribution is -0.131. The van der Waals surface area contributed by atoms with Gasteiger partial charge in [0.25, 0.3) is 0 Å². The summed E-state index contributed by atoms with van der Waals surface area (Å²) in [5.41, 5.74) is 1.59. The van der Waals surface area contributed by atoms with Crippen LogP contribution in [0, 0.1) is 0 Å². The molecule has 2 aromatic rings. The highest BCUT2D eigenvalue weighted by Gasteiger charge is 2.23. The summed E-state index contributed by atoms with van der Waals surface area (Å²) in [6, 6.07) is 14.6. The quantitative estimate of drug-likeness (QED) is 0.598. The molecule has 1 aliphatic rings. The van der Waals surface area contributed by atoms with Crippen LogP contribution in [-0.4, -0.2) is 65.3 Å². The van der Waals surface area contributed by atoms with E-state index in [2.05, 4.69) is 4.90 Å². The molecule has 0 aromatic heterocycles. The molecule has 0 aliphatic carbocycles. The Labute approximate surface area is 189 Å². The Kier molecular flexibility index (Phi) is 7.67. The topological polar surface area (TPSA) is 70.2 Å². The van der Waals surface area contributed by atoms with Crippen LogP contribution >= 0.6 is 11.6 Å². The minimum atomic E-state index is -3.47. The second-order valence-electron chi connectivity index (χ2n) is 7.49. The molecule has 0 N–H and O–H groups in total. The first-order valence-electron chi connectivity index (χ1n) is 10.2. The molecular formula is C22H28ClN3O4S. The Hall–Kier alpha value is -2.45. The second-order valence-corrected chi connectivity index (χ2v) is 9.83. The summed E-state index contributed by atoms with van der Waals surface area (Å²) in [6.45, 7) is 2.99. The summed E-state index contributed by atoms with van der Waals surface area (Å²) in [7, 11) is -1.94. The SMILES string of the molecule is COc1cccc(N(CCCC(=O)N2CCN(c3cccc(Cl)c3)CC2)S(C)(=O)=O)c1. The average Bonchev–Trinajstić information content (AvgIpc) is 2.76. The normalized spacial score (nSPS) is 14.4. The van der Waals surface area contributed by atoms with Crippen molar-refractivity contribution in [1.82, 2.24) is 4.90 Å². The third-order valence-corrected chi connectivity index (χ3v) is 6.73. The molecule has 31 heavy (non-hydrogen) atoms. The number of ether oxygens (including phenoxy) is 1. The molecule has 0 bridgehead atoms. The Morgan fingerprint density at radius 2 is 1.81 bits per heavy atom. The number of piperazine rings is 1. The Balaban J connectivity index is 1.53. The fraction of sp³-hybridized carbons (Fsp3) is 0.409. The molecule has 1 heterocycles. The van der Waals surface area contributed by atoms with Crippen molar-refractivity contribution >= 4 is 38.9 Å². The van der Waals surface area contributed by atoms with Crippen LogP contribution in [0.4, 0.5) is 11.4 Å². The summed E-state index contributed by atoms with van der Waals surface area (Å²) in [4.78, 5) is 16.7. The molecule has 0 atom stereocenters. The number of methoxy groups -OCH3 is 1. The van der Waals surface area contributed by atoms with Crippen molar-refractivity contribution in [2.75, 3.05) is 55.3 Å². The minimum Gasteiger partial charge on any atom is -0.497 e. The van der Waals surface area contributed by atoms with Crippen molar-refractivity contribution in [2.24, 2.45) is 0 Å². The standard InChI is InChI=1S/C22H28ClN3O4S/c1-30-21-9-4-8-20(17-21)26(31(2,28)29)11-5-10-22(27)25-14-12-24(13-15-25)19-7-3-6-18(23)16-19/h3-4,6-9,16-17H,5,10-15H2,1-2H3. The van der Waals surface area contributed by atoms with Crippen LogP contribution in [0.5, 0.6) is 5.75 Å². The van der Waals surface area contributed by atoms with Crippen molar-refractivity contribution in [3.05, 3.63) is 53.6 Å². The highest BCUT2D eigenvalue weighted by molar-refractivity contribution is 7.92. The number of hydrogen-bond donors (Lipinski definition) is 0. The van der Waals surface area contributed by atoms with Gasteiger partial charge in [0.1, 0.15) is 5.75 Å². The van der Waals surface area contributed by atoms with Gasteiger partial charge in [0.15, 0.2) is 0 Å². The van der Waals surface area contributed by atoms with Crippen LogP contribution in [0.3, 0.4) is 0 Å². The Bertz CT molecular complexity index is 1010. The van der Waals surface area contributed by atoms with E-state index in [9.17, 15) is 13.2 Å². The number of hydrogen-bond acceptors (Lipinski definition) is 5. The molecule has 0 spiro atoms. The monoisotopic (exact) mass is 465 g/mol. The second kappa shape index (κ2) is 10.2. The van der Waals surface area contributed by atoms with Gasteiger partial charge in [-0.3, -0.25) is 9.10 Å². The first-order valence-corrected chi connectivity index (χ1v) is 12.4. The number of amides is 1. The van der Waals surface area contributed by atoms with Crippen molar-refractivity contribution in [3.8, 4) is 5.75 Å². The summed E-state index contributed by atoms with van der Waals surface area (Å²) < 4.78 is 31.1. The van der Waals surface area contributed by atoms with E-state index in [0.29, 0.717) is 42.4 Å². The zero-order valence-corrected chi connectivity index (χ0v) is 19.4. The molecule has 0 saturated carbocycles. The van der Waals surface area contributed by atoms with Gasteiger partial charge in [0, 0.05) is 55.9 Å². The minimum absolute atomic E-state index is 0.0461. The van der Waals surface area contributed by atoms with Gasteiger partial charge in [-0.1, -0.05) is 23.7 Å². The maximum absolute atomic E-state index is 12.7. The van der Waals surface area contributed by atoms with E-state index in [0.717, 1.165) is 18.8 Å². The maximum atomic E-state index is 12.7. The van der Waals surface area contributed by atoms with Crippen LogP contribution in [0.1, 0.15) is 12.8 Å². The largest absolute Gasteiger partial charge is 0.497 e. The number of carbonyl (C=O) groups is 1. The molecular weight excluding hydrogens is 438 g/mol. The van der Waals surface area contributed by atoms with E-state index in [1.165, 1.54) is 17.7 Å². The molecule has 2 aromatic carbocycles. The molecule has 3 rings (SSSR count). The molecule has 1 fully saturated rings. The first kappa shape index (κ1) is 23.2. The van der Waals surface area contributed by atoms with E-state index in [1.54, 1.807) is 24.3 Å². The number of rotatable bonds is 8. The van der Waals surface area contributed by atoms with Crippen molar-refractivity contribution in [2.45, 2.75) is 12.8 Å². The van der Waals surface area contributed by atoms with Gasteiger partial charge in [-0.25, -0.2) is 8.42 Å². The molecule has 0 radical (unpaired) electrons. The van der Waals surface area contributed by atoms with Gasteiger partial charge in [-0.05, 0) is 36.8 Å². The van der Waals surface area contributed by atoms with Gasteiger partial charge in [0.2, 0.25) is 15.9 Å². The summed E-state index contributed by atoms with van der Waals surface area (Å²) in [5, 5.41) is 0.697. The molecule has 7 nitrogen and oxygen atoms in total. The van der Waals surface area contributed by atoms with E-state index >= 15 is 0 Å². The zero-order valence-electron chi connectivity index (χ0n) is 17.8. The number of anilines is 2. The molecule has 0 unspecified atom stereocenters. The average molecular weight is 466 g/mol. The fourth-order valence-electron chi connectivity index (χ4n) is 3.67. The highest BCUT2D eigenvalue weighted by atomic mass is 35.5. The number of nitrogens with zero attached hydrogens (tertiary/aromatic N) is 3. The van der Waals surface area contributed by atoms with Gasteiger partial charge < -0.3 is 14.5 Å². The van der Waals surface area contributed by atoms with Crippen molar-refractivity contribution in [3.63, 3.8) is 0 Å². The van der Waals surface area contributed by atoms with Gasteiger partial charge >= 0.3 is 0 Å². The molecule has 1 saturated heterocycles. The summed E-state index contributed by atoms with van der Waals surface area (Å²) >= 11 is 6.07. The molecule has 168 valence electrons. The zero-order chi connectivity index (χ0) is 22.4. The number of halogens is 1. The highest BCUT2D eigenvalue weighted by Crippen LogP contribution is 2.24. The fourth-order valence-corrected chi connectivity index (χ4v) is 4.81. The van der Waals surface area contributed by atoms with Gasteiger partial charge in [0.05, 0.1) is 19.1 Å². The number of benzene rings is 2. The Morgan fingerprint density at radius 3 is 2.45 bits per heavy atom.